The molecule has 0 atom stereocenters. The van der Waals surface area contributed by atoms with E-state index < -0.39 is 0 Å². The Morgan fingerprint density at radius 2 is 2.14 bits per heavy atom. The highest BCUT2D eigenvalue weighted by Crippen LogP contribution is 2.52. The topological polar surface area (TPSA) is 69.6 Å². The summed E-state index contributed by atoms with van der Waals surface area (Å²) in [4.78, 5) is 4.58. The fraction of sp³-hybridized carbons (Fsp3) is 0.333. The third-order valence-corrected chi connectivity index (χ3v) is 4.11. The van der Waals surface area contributed by atoms with Crippen LogP contribution in [0.5, 0.6) is 0 Å². The van der Waals surface area contributed by atoms with Crippen LogP contribution in [0.3, 0.4) is 0 Å². The number of aromatic nitrogens is 5. The summed E-state index contributed by atoms with van der Waals surface area (Å²) in [5.74, 6) is 1.22. The molecule has 0 saturated heterocycles. The Hall–Kier alpha value is -2.50. The van der Waals surface area contributed by atoms with E-state index in [-0.39, 0.29) is 5.41 Å². The second-order valence-corrected chi connectivity index (χ2v) is 5.62. The number of rotatable bonds is 3. The molecular formula is C15H15N5O. The average Bonchev–Trinajstić information content (AvgIpc) is 2.94. The number of hydrogen-bond acceptors (Lipinski definition) is 5. The van der Waals surface area contributed by atoms with Crippen molar-refractivity contribution in [1.29, 1.82) is 0 Å². The molecule has 6 heteroatoms. The van der Waals surface area contributed by atoms with Crippen molar-refractivity contribution in [3.8, 4) is 11.6 Å². The Balaban J connectivity index is 1.75. The van der Waals surface area contributed by atoms with Crippen molar-refractivity contribution in [2.45, 2.75) is 25.2 Å². The van der Waals surface area contributed by atoms with Gasteiger partial charge in [0.2, 0.25) is 0 Å². The standard InChI is InChI=1S/C15H15N5O/c1-10-4-3-5-11(8-10)15(6-7-15)14-17-13(21-18-14)12-9-16-19-20(12)2/h3-5,8-9H,6-7H2,1-2H3. The molecule has 0 aliphatic heterocycles. The van der Waals surface area contributed by atoms with Gasteiger partial charge in [-0.1, -0.05) is 40.2 Å². The summed E-state index contributed by atoms with van der Waals surface area (Å²) >= 11 is 0. The van der Waals surface area contributed by atoms with Crippen LogP contribution < -0.4 is 0 Å². The summed E-state index contributed by atoms with van der Waals surface area (Å²) < 4.78 is 7.03. The SMILES string of the molecule is Cc1cccc(C2(c3noc(-c4cnnn4C)n3)CC2)c1. The number of hydrogen-bond donors (Lipinski definition) is 0. The zero-order valence-electron chi connectivity index (χ0n) is 11.9. The second kappa shape index (κ2) is 4.25. The van der Waals surface area contributed by atoms with Gasteiger partial charge in [0.05, 0.1) is 11.6 Å². The van der Waals surface area contributed by atoms with Gasteiger partial charge >= 0.3 is 0 Å². The lowest BCUT2D eigenvalue weighted by atomic mass is 9.94. The van der Waals surface area contributed by atoms with Crippen LogP contribution in [0.2, 0.25) is 0 Å². The summed E-state index contributed by atoms with van der Waals surface area (Å²) in [6, 6.07) is 8.52. The van der Waals surface area contributed by atoms with E-state index in [1.165, 1.54) is 11.1 Å². The highest BCUT2D eigenvalue weighted by Gasteiger charge is 2.50. The van der Waals surface area contributed by atoms with E-state index >= 15 is 0 Å². The molecule has 2 aromatic heterocycles. The van der Waals surface area contributed by atoms with Crippen LogP contribution in [0.25, 0.3) is 11.6 Å². The van der Waals surface area contributed by atoms with Crippen LogP contribution in [0.4, 0.5) is 0 Å². The summed E-state index contributed by atoms with van der Waals surface area (Å²) in [5, 5.41) is 11.9. The lowest BCUT2D eigenvalue weighted by Crippen LogP contribution is -2.11. The van der Waals surface area contributed by atoms with Gasteiger partial charge in [0, 0.05) is 7.05 Å². The predicted octanol–water partition coefficient (Wildman–Crippen LogP) is 2.25. The van der Waals surface area contributed by atoms with Crippen LogP contribution in [0.1, 0.15) is 29.8 Å². The van der Waals surface area contributed by atoms with E-state index in [0.717, 1.165) is 24.4 Å². The van der Waals surface area contributed by atoms with Crippen LogP contribution in [0.15, 0.2) is 35.0 Å². The van der Waals surface area contributed by atoms with Gasteiger partial charge in [-0.3, -0.25) is 0 Å². The Morgan fingerprint density at radius 1 is 1.29 bits per heavy atom. The van der Waals surface area contributed by atoms with Gasteiger partial charge in [0.15, 0.2) is 5.82 Å². The normalized spacial score (nSPS) is 16.1. The monoisotopic (exact) mass is 281 g/mol. The Labute approximate surface area is 121 Å². The van der Waals surface area contributed by atoms with E-state index in [9.17, 15) is 0 Å². The number of benzene rings is 1. The Kier molecular flexibility index (Phi) is 2.48. The number of nitrogens with zero attached hydrogens (tertiary/aromatic N) is 5. The average molecular weight is 281 g/mol. The van der Waals surface area contributed by atoms with Crippen molar-refractivity contribution in [3.63, 3.8) is 0 Å². The van der Waals surface area contributed by atoms with Crippen molar-refractivity contribution in [1.82, 2.24) is 25.1 Å². The van der Waals surface area contributed by atoms with E-state index in [2.05, 4.69) is 51.6 Å². The Bertz CT molecular complexity index is 800. The molecule has 1 saturated carbocycles. The fourth-order valence-corrected chi connectivity index (χ4v) is 2.71. The minimum atomic E-state index is -0.0835. The maximum Gasteiger partial charge on any atom is 0.277 e. The molecule has 1 aromatic carbocycles. The molecule has 2 heterocycles. The van der Waals surface area contributed by atoms with Crippen LogP contribution >= 0.6 is 0 Å². The van der Waals surface area contributed by atoms with Gasteiger partial charge in [-0.05, 0) is 25.3 Å². The van der Waals surface area contributed by atoms with Crippen molar-refractivity contribution < 1.29 is 4.52 Å². The van der Waals surface area contributed by atoms with Gasteiger partial charge < -0.3 is 4.52 Å². The summed E-state index contributed by atoms with van der Waals surface area (Å²) in [7, 11) is 1.81. The molecule has 0 bridgehead atoms. The molecule has 106 valence electrons. The molecule has 4 rings (SSSR count). The molecule has 1 aliphatic carbocycles. The molecule has 21 heavy (non-hydrogen) atoms. The maximum absolute atomic E-state index is 5.41. The van der Waals surface area contributed by atoms with Gasteiger partial charge in [0.25, 0.3) is 5.89 Å². The summed E-state index contributed by atoms with van der Waals surface area (Å²) in [6.45, 7) is 2.10. The minimum Gasteiger partial charge on any atom is -0.332 e. The van der Waals surface area contributed by atoms with E-state index in [4.69, 9.17) is 4.52 Å². The maximum atomic E-state index is 5.41. The first-order valence-corrected chi connectivity index (χ1v) is 6.95. The van der Waals surface area contributed by atoms with E-state index in [0.29, 0.717) is 5.89 Å². The van der Waals surface area contributed by atoms with Crippen LogP contribution in [0, 0.1) is 6.92 Å². The first-order chi connectivity index (χ1) is 10.2. The highest BCUT2D eigenvalue weighted by molar-refractivity contribution is 5.47. The highest BCUT2D eigenvalue weighted by atomic mass is 16.5. The first kappa shape index (κ1) is 12.3. The number of aryl methyl sites for hydroxylation is 2. The molecule has 0 radical (unpaired) electrons. The summed E-state index contributed by atoms with van der Waals surface area (Å²) in [6.07, 6.45) is 3.74. The molecule has 0 amide bonds. The van der Waals surface area contributed by atoms with E-state index in [1.807, 2.05) is 0 Å². The van der Waals surface area contributed by atoms with Crippen molar-refractivity contribution in [3.05, 3.63) is 47.4 Å². The predicted molar refractivity (Wildman–Crippen MR) is 75.5 cm³/mol. The van der Waals surface area contributed by atoms with Gasteiger partial charge in [-0.25, -0.2) is 4.68 Å². The first-order valence-electron chi connectivity index (χ1n) is 6.95. The molecule has 1 aliphatic rings. The molecule has 1 fully saturated rings. The minimum absolute atomic E-state index is 0.0835. The third kappa shape index (κ3) is 1.86. The summed E-state index contributed by atoms with van der Waals surface area (Å²) in [5.41, 5.74) is 3.16. The smallest absolute Gasteiger partial charge is 0.277 e. The molecular weight excluding hydrogens is 266 g/mol. The molecule has 0 unspecified atom stereocenters. The largest absolute Gasteiger partial charge is 0.332 e. The van der Waals surface area contributed by atoms with Crippen molar-refractivity contribution in [2.24, 2.45) is 7.05 Å². The molecule has 0 spiro atoms. The zero-order chi connectivity index (χ0) is 14.4. The lowest BCUT2D eigenvalue weighted by Gasteiger charge is -2.11. The van der Waals surface area contributed by atoms with Gasteiger partial charge in [0.1, 0.15) is 5.69 Å². The van der Waals surface area contributed by atoms with Crippen LogP contribution in [-0.4, -0.2) is 25.1 Å². The van der Waals surface area contributed by atoms with Gasteiger partial charge in [-0.2, -0.15) is 4.98 Å². The van der Waals surface area contributed by atoms with E-state index in [1.54, 1.807) is 17.9 Å². The van der Waals surface area contributed by atoms with Gasteiger partial charge in [-0.15, -0.1) is 5.10 Å². The Morgan fingerprint density at radius 3 is 2.81 bits per heavy atom. The fourth-order valence-electron chi connectivity index (χ4n) is 2.71. The quantitative estimate of drug-likeness (QED) is 0.736. The van der Waals surface area contributed by atoms with Crippen molar-refractivity contribution in [2.75, 3.05) is 0 Å². The van der Waals surface area contributed by atoms with Crippen LogP contribution in [-0.2, 0) is 12.5 Å². The molecule has 0 N–H and O–H groups in total. The zero-order valence-corrected chi connectivity index (χ0v) is 11.9. The molecule has 6 nitrogen and oxygen atoms in total. The van der Waals surface area contributed by atoms with Crippen molar-refractivity contribution >= 4 is 0 Å². The molecule has 3 aromatic rings. The third-order valence-electron chi connectivity index (χ3n) is 4.11. The second-order valence-electron chi connectivity index (χ2n) is 5.62. The lowest BCUT2D eigenvalue weighted by molar-refractivity contribution is 0.414.